The quantitative estimate of drug-likeness (QED) is 0.146. The predicted molar refractivity (Wildman–Crippen MR) is 139 cm³/mol. The van der Waals surface area contributed by atoms with E-state index in [4.69, 9.17) is 0 Å². The van der Waals surface area contributed by atoms with Crippen molar-refractivity contribution in [2.75, 3.05) is 10.1 Å². The molecule has 2 aromatic carbocycles. The number of azo groups is 1. The van der Waals surface area contributed by atoms with Crippen molar-refractivity contribution in [1.29, 1.82) is 0 Å². The average Bonchev–Trinajstić information content (AvgIpc) is 3.37. The molecule has 35 heavy (non-hydrogen) atoms. The first-order valence-electron chi connectivity index (χ1n) is 10.3. The van der Waals surface area contributed by atoms with Crippen LogP contribution in [0.5, 0.6) is 5.88 Å². The minimum Gasteiger partial charge on any atom is -0.491 e. The molecule has 0 radical (unpaired) electrons. The van der Waals surface area contributed by atoms with Crippen molar-refractivity contribution < 1.29 is 13.5 Å². The summed E-state index contributed by atoms with van der Waals surface area (Å²) in [6.45, 7) is 5.42. The maximum atomic E-state index is 12.7. The Labute approximate surface area is 210 Å². The molecule has 0 aliphatic carbocycles. The van der Waals surface area contributed by atoms with Crippen molar-refractivity contribution in [2.24, 2.45) is 15.3 Å². The Hall–Kier alpha value is -3.68. The Morgan fingerprint density at radius 3 is 2.37 bits per heavy atom. The van der Waals surface area contributed by atoms with Gasteiger partial charge in [0.05, 0.1) is 26.9 Å². The molecular formula is C22H21N7O3S3. The second-order valence-electron chi connectivity index (χ2n) is 7.34. The minimum atomic E-state index is -3.76. The second-order valence-corrected chi connectivity index (χ2v) is 11.0. The van der Waals surface area contributed by atoms with Crippen molar-refractivity contribution in [2.45, 2.75) is 25.7 Å². The molecule has 0 fully saturated rings. The number of nitrogens with zero attached hydrogens (tertiary/aromatic N) is 5. The molecule has 0 saturated heterocycles. The summed E-state index contributed by atoms with van der Waals surface area (Å²) in [5.74, 6) is -0.258. The lowest BCUT2D eigenvalue weighted by atomic mass is 10.2. The Balaban J connectivity index is 1.46. The molecule has 2 aromatic heterocycles. The molecule has 0 unspecified atom stereocenters. The van der Waals surface area contributed by atoms with Crippen LogP contribution < -0.4 is 10.1 Å². The van der Waals surface area contributed by atoms with Gasteiger partial charge >= 0.3 is 0 Å². The lowest BCUT2D eigenvalue weighted by molar-refractivity contribution is 0.459. The number of benzene rings is 2. The van der Waals surface area contributed by atoms with Crippen LogP contribution in [0.1, 0.15) is 23.1 Å². The number of nitrogens with one attached hydrogen (secondary N) is 2. The molecular weight excluding hydrogens is 506 g/mol. The molecule has 2 heterocycles. The maximum absolute atomic E-state index is 12.7. The molecule has 0 aliphatic rings. The number of anilines is 2. The number of rotatable bonds is 8. The normalized spacial score (nSPS) is 12.3. The van der Waals surface area contributed by atoms with Crippen molar-refractivity contribution in [3.8, 4) is 5.88 Å². The number of thiazole rings is 2. The number of aromatic hydroxyl groups is 1. The van der Waals surface area contributed by atoms with Crippen molar-refractivity contribution in [3.63, 3.8) is 0 Å². The van der Waals surface area contributed by atoms with Gasteiger partial charge in [0.25, 0.3) is 15.9 Å². The van der Waals surface area contributed by atoms with Crippen LogP contribution in [0.3, 0.4) is 0 Å². The predicted octanol–water partition coefficient (Wildman–Crippen LogP) is 5.97. The molecule has 0 spiro atoms. The molecule has 3 N–H and O–H groups in total. The number of hydrogen-bond donors (Lipinski definition) is 3. The summed E-state index contributed by atoms with van der Waals surface area (Å²) in [7, 11) is -3.76. The van der Waals surface area contributed by atoms with E-state index in [-0.39, 0.29) is 20.9 Å². The van der Waals surface area contributed by atoms with E-state index in [9.17, 15) is 13.5 Å². The molecule has 4 aromatic rings. The number of hydrogen-bond acceptors (Lipinski definition) is 11. The standard InChI is InChI=1S/C22H21N7O3S3/c1-13-9-11-17(12-10-13)35(31,32)29-22-23-14(2)18(33-22)15(3)25-28-21-24-19(30)20(34-21)27-26-16-7-5-4-6-8-16/h4-12,30H,1-3H3,(H,23,29)(H,24,28)/b25-15+,27-26?. The molecule has 0 bridgehead atoms. The summed E-state index contributed by atoms with van der Waals surface area (Å²) in [5.41, 5.74) is 5.61. The van der Waals surface area contributed by atoms with Crippen LogP contribution in [-0.2, 0) is 10.0 Å². The highest BCUT2D eigenvalue weighted by molar-refractivity contribution is 7.93. The fourth-order valence-corrected chi connectivity index (χ4v) is 5.64. The van der Waals surface area contributed by atoms with E-state index in [0.717, 1.165) is 16.9 Å². The van der Waals surface area contributed by atoms with Gasteiger partial charge in [-0.3, -0.25) is 10.1 Å². The third-order valence-electron chi connectivity index (χ3n) is 4.60. The first-order chi connectivity index (χ1) is 16.7. The van der Waals surface area contributed by atoms with Crippen molar-refractivity contribution in [1.82, 2.24) is 9.97 Å². The van der Waals surface area contributed by atoms with E-state index < -0.39 is 10.0 Å². The van der Waals surface area contributed by atoms with Crippen LogP contribution >= 0.6 is 22.7 Å². The van der Waals surface area contributed by atoms with Crippen LogP contribution in [0.15, 0.2) is 74.8 Å². The zero-order chi connectivity index (χ0) is 25.0. The van der Waals surface area contributed by atoms with Gasteiger partial charge in [0.1, 0.15) is 0 Å². The number of sulfonamides is 1. The summed E-state index contributed by atoms with van der Waals surface area (Å²) in [6.07, 6.45) is 0. The zero-order valence-electron chi connectivity index (χ0n) is 18.9. The van der Waals surface area contributed by atoms with E-state index in [1.165, 1.54) is 11.3 Å². The topological polar surface area (TPSA) is 141 Å². The first kappa shape index (κ1) is 24.4. The summed E-state index contributed by atoms with van der Waals surface area (Å²) in [4.78, 5) is 9.19. The fourth-order valence-electron chi connectivity index (χ4n) is 2.86. The third kappa shape index (κ3) is 6.07. The lowest BCUT2D eigenvalue weighted by Gasteiger charge is -2.05. The van der Waals surface area contributed by atoms with E-state index in [1.54, 1.807) is 50.2 Å². The Bertz CT molecular complexity index is 1490. The molecule has 13 heteroatoms. The van der Waals surface area contributed by atoms with E-state index >= 15 is 0 Å². The molecule has 0 atom stereocenters. The van der Waals surface area contributed by atoms with Crippen LogP contribution in [0.4, 0.5) is 21.0 Å². The summed E-state index contributed by atoms with van der Waals surface area (Å²) < 4.78 is 27.8. The Morgan fingerprint density at radius 1 is 0.943 bits per heavy atom. The Kier molecular flexibility index (Phi) is 7.19. The monoisotopic (exact) mass is 527 g/mol. The Morgan fingerprint density at radius 2 is 1.66 bits per heavy atom. The molecule has 0 amide bonds. The highest BCUT2D eigenvalue weighted by Crippen LogP contribution is 2.37. The van der Waals surface area contributed by atoms with E-state index in [0.29, 0.717) is 27.1 Å². The zero-order valence-corrected chi connectivity index (χ0v) is 21.4. The van der Waals surface area contributed by atoms with Gasteiger partial charge in [0.15, 0.2) is 5.13 Å². The fraction of sp³-hybridized carbons (Fsp3) is 0.136. The van der Waals surface area contributed by atoms with Crippen molar-refractivity contribution in [3.05, 3.63) is 70.7 Å². The highest BCUT2D eigenvalue weighted by Gasteiger charge is 2.18. The number of aromatic nitrogens is 2. The van der Waals surface area contributed by atoms with Gasteiger partial charge in [0.2, 0.25) is 10.1 Å². The van der Waals surface area contributed by atoms with Crippen molar-refractivity contribution >= 4 is 59.4 Å². The molecule has 0 aliphatic heterocycles. The van der Waals surface area contributed by atoms with Gasteiger partial charge in [-0.25, -0.2) is 13.4 Å². The minimum absolute atomic E-state index is 0.161. The van der Waals surface area contributed by atoms with Crippen LogP contribution in [0.2, 0.25) is 0 Å². The molecule has 10 nitrogen and oxygen atoms in total. The smallest absolute Gasteiger partial charge is 0.263 e. The third-order valence-corrected chi connectivity index (χ3v) is 8.10. The van der Waals surface area contributed by atoms with Crippen LogP contribution in [0, 0.1) is 13.8 Å². The molecule has 0 saturated carbocycles. The summed E-state index contributed by atoms with van der Waals surface area (Å²) in [5, 5.41) is 23.3. The largest absolute Gasteiger partial charge is 0.491 e. The SMILES string of the molecule is C/C(=N\Nc1nc(O)c(N=Nc2ccccc2)s1)c1sc(NS(=O)(=O)c2ccc(C)cc2)nc1C. The maximum Gasteiger partial charge on any atom is 0.263 e. The van der Waals surface area contributed by atoms with Gasteiger partial charge in [-0.1, -0.05) is 58.6 Å². The van der Waals surface area contributed by atoms with Gasteiger partial charge in [-0.2, -0.15) is 10.1 Å². The number of hydrazone groups is 1. The highest BCUT2D eigenvalue weighted by atomic mass is 32.2. The number of aryl methyl sites for hydroxylation is 2. The molecule has 4 rings (SSSR count). The van der Waals surface area contributed by atoms with E-state index in [1.807, 2.05) is 25.1 Å². The molecule has 180 valence electrons. The van der Waals surface area contributed by atoms with Gasteiger partial charge in [-0.05, 0) is 45.0 Å². The average molecular weight is 528 g/mol. The second kappa shape index (κ2) is 10.3. The van der Waals surface area contributed by atoms with Crippen LogP contribution in [-0.4, -0.2) is 29.2 Å². The summed E-state index contributed by atoms with van der Waals surface area (Å²) >= 11 is 2.26. The first-order valence-corrected chi connectivity index (χ1v) is 13.4. The summed E-state index contributed by atoms with van der Waals surface area (Å²) in [6, 6.07) is 15.7. The van der Waals surface area contributed by atoms with Gasteiger partial charge < -0.3 is 5.11 Å². The van der Waals surface area contributed by atoms with E-state index in [2.05, 4.69) is 35.4 Å². The lowest BCUT2D eigenvalue weighted by Crippen LogP contribution is -2.12. The van der Waals surface area contributed by atoms with Gasteiger partial charge in [-0.15, -0.1) is 10.2 Å². The van der Waals surface area contributed by atoms with Gasteiger partial charge in [0, 0.05) is 0 Å². The van der Waals surface area contributed by atoms with Crippen LogP contribution in [0.25, 0.3) is 0 Å².